The van der Waals surface area contributed by atoms with Gasteiger partial charge in [0.25, 0.3) is 0 Å². The second-order valence-electron chi connectivity index (χ2n) is 5.86. The first-order valence-corrected chi connectivity index (χ1v) is 9.02. The minimum absolute atomic E-state index is 0.0374. The highest BCUT2D eigenvalue weighted by Gasteiger charge is 2.20. The number of guanidine groups is 1. The quantitative estimate of drug-likeness (QED) is 0.314. The molecule has 10 heteroatoms. The van der Waals surface area contributed by atoms with Crippen molar-refractivity contribution in [1.29, 1.82) is 0 Å². The van der Waals surface area contributed by atoms with Gasteiger partial charge < -0.3 is 34.3 Å². The number of ether oxygens (including phenoxy) is 5. The molecular weight excluding hydrogens is 376 g/mol. The van der Waals surface area contributed by atoms with Gasteiger partial charge in [0.1, 0.15) is 5.75 Å². The number of hydrogen-bond acceptors (Lipinski definition) is 6. The average Bonchev–Trinajstić information content (AvgIpc) is 3.13. The van der Waals surface area contributed by atoms with Gasteiger partial charge in [0, 0.05) is 45.5 Å². The SMILES string of the molecule is CN=C(NCCCCOCCOC)NCc1cc2c(cc1OC(F)F)OCO2. The normalized spacial score (nSPS) is 13.1. The van der Waals surface area contributed by atoms with Gasteiger partial charge in [-0.3, -0.25) is 4.99 Å². The molecular formula is C18H27F2N3O5. The van der Waals surface area contributed by atoms with Crippen molar-refractivity contribution in [2.75, 3.05) is 47.3 Å². The third-order valence-corrected chi connectivity index (χ3v) is 3.88. The van der Waals surface area contributed by atoms with E-state index in [0.717, 1.165) is 12.8 Å². The summed E-state index contributed by atoms with van der Waals surface area (Å²) in [6.45, 7) is -0.0885. The van der Waals surface area contributed by atoms with E-state index in [0.29, 0.717) is 49.4 Å². The Hall–Kier alpha value is -2.33. The Morgan fingerprint density at radius 3 is 2.64 bits per heavy atom. The predicted molar refractivity (Wildman–Crippen MR) is 99.3 cm³/mol. The molecule has 0 aliphatic carbocycles. The first kappa shape index (κ1) is 22.0. The fraction of sp³-hybridized carbons (Fsp3) is 0.611. The van der Waals surface area contributed by atoms with Gasteiger partial charge in [0.05, 0.1) is 13.2 Å². The number of nitrogens with zero attached hydrogens (tertiary/aromatic N) is 1. The standard InChI is InChI=1S/C18H27F2N3O5/c1-21-18(22-5-3-4-6-25-8-7-24-2)23-11-13-9-15-16(27-12-26-15)10-14(13)28-17(19)20/h9-10,17H,3-8,11-12H2,1-2H3,(H2,21,22,23). The second-order valence-corrected chi connectivity index (χ2v) is 5.86. The molecule has 0 saturated carbocycles. The van der Waals surface area contributed by atoms with Crippen LogP contribution in [0.15, 0.2) is 17.1 Å². The van der Waals surface area contributed by atoms with Crippen LogP contribution in [0.1, 0.15) is 18.4 Å². The van der Waals surface area contributed by atoms with Gasteiger partial charge in [-0.25, -0.2) is 0 Å². The summed E-state index contributed by atoms with van der Waals surface area (Å²) in [6, 6.07) is 3.03. The summed E-state index contributed by atoms with van der Waals surface area (Å²) in [5.74, 6) is 1.47. The molecule has 0 saturated heterocycles. The van der Waals surface area contributed by atoms with Crippen molar-refractivity contribution in [1.82, 2.24) is 10.6 Å². The van der Waals surface area contributed by atoms with E-state index in [-0.39, 0.29) is 19.1 Å². The van der Waals surface area contributed by atoms with E-state index in [1.165, 1.54) is 6.07 Å². The van der Waals surface area contributed by atoms with Gasteiger partial charge in [-0.1, -0.05) is 0 Å². The van der Waals surface area contributed by atoms with Crippen molar-refractivity contribution >= 4 is 5.96 Å². The van der Waals surface area contributed by atoms with E-state index >= 15 is 0 Å². The Morgan fingerprint density at radius 1 is 1.14 bits per heavy atom. The maximum atomic E-state index is 12.7. The molecule has 0 bridgehead atoms. The number of methoxy groups -OCH3 is 1. The van der Waals surface area contributed by atoms with Gasteiger partial charge in [0.15, 0.2) is 17.5 Å². The summed E-state index contributed by atoms with van der Waals surface area (Å²) in [4.78, 5) is 4.13. The fourth-order valence-corrected chi connectivity index (χ4v) is 2.49. The number of fused-ring (bicyclic) bond motifs is 1. The lowest BCUT2D eigenvalue weighted by atomic mass is 10.1. The number of aliphatic imine (C=N–C) groups is 1. The maximum Gasteiger partial charge on any atom is 0.387 e. The van der Waals surface area contributed by atoms with Crippen molar-refractivity contribution in [3.63, 3.8) is 0 Å². The molecule has 1 aromatic rings. The van der Waals surface area contributed by atoms with Crippen LogP contribution in [-0.4, -0.2) is 59.9 Å². The summed E-state index contributed by atoms with van der Waals surface area (Å²) in [5, 5.41) is 6.25. The summed E-state index contributed by atoms with van der Waals surface area (Å²) in [6.07, 6.45) is 1.81. The molecule has 2 N–H and O–H groups in total. The van der Waals surface area contributed by atoms with Gasteiger partial charge in [-0.15, -0.1) is 0 Å². The molecule has 28 heavy (non-hydrogen) atoms. The first-order valence-electron chi connectivity index (χ1n) is 9.02. The van der Waals surface area contributed by atoms with Crippen molar-refractivity contribution in [2.45, 2.75) is 26.0 Å². The summed E-state index contributed by atoms with van der Waals surface area (Å²) in [7, 11) is 3.28. The first-order chi connectivity index (χ1) is 13.6. The summed E-state index contributed by atoms with van der Waals surface area (Å²) in [5.41, 5.74) is 0.513. The molecule has 0 radical (unpaired) electrons. The van der Waals surface area contributed by atoms with E-state index in [2.05, 4.69) is 20.4 Å². The van der Waals surface area contributed by atoms with Gasteiger partial charge >= 0.3 is 6.61 Å². The highest BCUT2D eigenvalue weighted by Crippen LogP contribution is 2.38. The smallest absolute Gasteiger partial charge is 0.387 e. The molecule has 1 aromatic carbocycles. The van der Waals surface area contributed by atoms with Crippen LogP contribution in [0.2, 0.25) is 0 Å². The Morgan fingerprint density at radius 2 is 1.93 bits per heavy atom. The van der Waals surface area contributed by atoms with Gasteiger partial charge in [-0.2, -0.15) is 8.78 Å². The molecule has 0 atom stereocenters. The zero-order chi connectivity index (χ0) is 20.2. The lowest BCUT2D eigenvalue weighted by molar-refractivity contribution is -0.0505. The zero-order valence-corrected chi connectivity index (χ0v) is 16.1. The van der Waals surface area contributed by atoms with Gasteiger partial charge in [0.2, 0.25) is 6.79 Å². The zero-order valence-electron chi connectivity index (χ0n) is 16.1. The number of alkyl halides is 2. The largest absolute Gasteiger partial charge is 0.454 e. The van der Waals surface area contributed by atoms with E-state index in [1.807, 2.05) is 0 Å². The van der Waals surface area contributed by atoms with Crippen LogP contribution >= 0.6 is 0 Å². The lowest BCUT2D eigenvalue weighted by Gasteiger charge is -2.15. The van der Waals surface area contributed by atoms with Gasteiger partial charge in [-0.05, 0) is 18.9 Å². The number of unbranched alkanes of at least 4 members (excludes halogenated alkanes) is 1. The summed E-state index contributed by atoms with van der Waals surface area (Å²) < 4.78 is 50.8. The van der Waals surface area contributed by atoms with Crippen molar-refractivity contribution in [3.05, 3.63) is 17.7 Å². The number of halogens is 2. The predicted octanol–water partition coefficient (Wildman–Crippen LogP) is 2.12. The molecule has 2 rings (SSSR count). The Bertz CT molecular complexity index is 631. The molecule has 158 valence electrons. The maximum absolute atomic E-state index is 12.7. The van der Waals surface area contributed by atoms with E-state index < -0.39 is 6.61 Å². The molecule has 1 aliphatic heterocycles. The van der Waals surface area contributed by atoms with Crippen LogP contribution in [0.3, 0.4) is 0 Å². The third-order valence-electron chi connectivity index (χ3n) is 3.88. The number of rotatable bonds is 12. The minimum atomic E-state index is -2.93. The van der Waals surface area contributed by atoms with Crippen LogP contribution < -0.4 is 24.8 Å². The summed E-state index contributed by atoms with van der Waals surface area (Å²) >= 11 is 0. The molecule has 1 heterocycles. The van der Waals surface area contributed by atoms with E-state index in [4.69, 9.17) is 18.9 Å². The number of hydrogen-bond donors (Lipinski definition) is 2. The second kappa shape index (κ2) is 12.2. The molecule has 0 fully saturated rings. The molecule has 1 aliphatic rings. The fourth-order valence-electron chi connectivity index (χ4n) is 2.49. The third kappa shape index (κ3) is 7.35. The van der Waals surface area contributed by atoms with Crippen LogP contribution in [0.5, 0.6) is 17.2 Å². The molecule has 0 aromatic heterocycles. The molecule has 0 spiro atoms. The topological polar surface area (TPSA) is 82.6 Å². The average molecular weight is 403 g/mol. The number of nitrogens with one attached hydrogen (secondary N) is 2. The Labute approximate surface area is 163 Å². The highest BCUT2D eigenvalue weighted by molar-refractivity contribution is 5.79. The minimum Gasteiger partial charge on any atom is -0.454 e. The van der Waals surface area contributed by atoms with Crippen LogP contribution in [0, 0.1) is 0 Å². The van der Waals surface area contributed by atoms with Crippen molar-refractivity contribution < 1.29 is 32.5 Å². The molecule has 8 nitrogen and oxygen atoms in total. The lowest BCUT2D eigenvalue weighted by Crippen LogP contribution is -2.37. The molecule has 0 unspecified atom stereocenters. The number of benzene rings is 1. The van der Waals surface area contributed by atoms with Crippen molar-refractivity contribution in [2.24, 2.45) is 4.99 Å². The Kier molecular flexibility index (Phi) is 9.56. The van der Waals surface area contributed by atoms with Crippen LogP contribution in [-0.2, 0) is 16.0 Å². The van der Waals surface area contributed by atoms with E-state index in [1.54, 1.807) is 20.2 Å². The van der Waals surface area contributed by atoms with Crippen molar-refractivity contribution in [3.8, 4) is 17.2 Å². The highest BCUT2D eigenvalue weighted by atomic mass is 19.3. The monoisotopic (exact) mass is 403 g/mol. The van der Waals surface area contributed by atoms with Crippen LogP contribution in [0.4, 0.5) is 8.78 Å². The van der Waals surface area contributed by atoms with Crippen LogP contribution in [0.25, 0.3) is 0 Å². The Balaban J connectivity index is 1.78. The van der Waals surface area contributed by atoms with E-state index in [9.17, 15) is 8.78 Å². The molecule has 0 amide bonds.